The van der Waals surface area contributed by atoms with Crippen molar-refractivity contribution in [2.75, 3.05) is 5.32 Å². The maximum atomic E-state index is 11.2. The molecule has 0 spiro atoms. The average Bonchev–Trinajstić information content (AvgIpc) is 3.05. The second kappa shape index (κ2) is 6.28. The first-order valence-electron chi connectivity index (χ1n) is 6.39. The van der Waals surface area contributed by atoms with E-state index in [9.17, 15) is 4.79 Å². The summed E-state index contributed by atoms with van der Waals surface area (Å²) in [6.45, 7) is 0. The summed E-state index contributed by atoms with van der Waals surface area (Å²) < 4.78 is 5.03. The molecule has 23 heavy (non-hydrogen) atoms. The highest BCUT2D eigenvalue weighted by molar-refractivity contribution is 6.39. The Labute approximate surface area is 140 Å². The third kappa shape index (κ3) is 3.13. The van der Waals surface area contributed by atoms with Gasteiger partial charge in [-0.1, -0.05) is 23.2 Å². The van der Waals surface area contributed by atoms with Crippen LogP contribution in [-0.4, -0.2) is 21.0 Å². The van der Waals surface area contributed by atoms with E-state index in [0.717, 1.165) is 11.1 Å². The van der Waals surface area contributed by atoms with Crippen LogP contribution in [0.3, 0.4) is 0 Å². The first-order chi connectivity index (χ1) is 11.1. The predicted molar refractivity (Wildman–Crippen MR) is 86.4 cm³/mol. The Hall–Kier alpha value is -2.57. The molecule has 0 fully saturated rings. The Bertz CT molecular complexity index is 843. The first kappa shape index (κ1) is 15.3. The number of carboxylic acids is 1. The Morgan fingerprint density at radius 3 is 2.43 bits per heavy atom. The van der Waals surface area contributed by atoms with Gasteiger partial charge in [-0.2, -0.15) is 0 Å². The first-order valence-corrected chi connectivity index (χ1v) is 7.15. The lowest BCUT2D eigenvalue weighted by molar-refractivity contribution is 0.0691. The van der Waals surface area contributed by atoms with E-state index in [2.05, 4.69) is 15.3 Å². The second-order valence-electron chi connectivity index (χ2n) is 4.51. The number of benzene rings is 1. The smallest absolute Gasteiger partial charge is 0.358 e. The fourth-order valence-corrected chi connectivity index (χ4v) is 2.57. The van der Waals surface area contributed by atoms with Crippen molar-refractivity contribution in [1.29, 1.82) is 0 Å². The zero-order chi connectivity index (χ0) is 16.4. The van der Waals surface area contributed by atoms with Crippen molar-refractivity contribution in [2.45, 2.75) is 0 Å². The molecular weight excluding hydrogens is 341 g/mol. The molecule has 0 radical (unpaired) electrons. The van der Waals surface area contributed by atoms with E-state index < -0.39 is 5.97 Å². The molecule has 0 aliphatic rings. The standard InChI is InChI=1S/C15H9Cl2N3O3/c16-10-5-9(8-1-4-23-7-8)6-11(17)12(10)20-14-13(15(21)22)18-2-3-19-14/h1-7H,(H,19,20)(H,21,22). The number of anilines is 2. The van der Waals surface area contributed by atoms with Gasteiger partial charge in [-0.3, -0.25) is 0 Å². The van der Waals surface area contributed by atoms with E-state index in [0.29, 0.717) is 15.7 Å². The summed E-state index contributed by atoms with van der Waals surface area (Å²) in [5.41, 5.74) is 1.73. The third-order valence-corrected chi connectivity index (χ3v) is 3.64. The van der Waals surface area contributed by atoms with Crippen LogP contribution in [0.4, 0.5) is 11.5 Å². The van der Waals surface area contributed by atoms with Gasteiger partial charge in [0.2, 0.25) is 0 Å². The summed E-state index contributed by atoms with van der Waals surface area (Å²) in [7, 11) is 0. The Kier molecular flexibility index (Phi) is 4.18. The van der Waals surface area contributed by atoms with Crippen molar-refractivity contribution in [3.8, 4) is 11.1 Å². The minimum Gasteiger partial charge on any atom is -0.476 e. The molecule has 2 aromatic heterocycles. The number of nitrogens with zero attached hydrogens (tertiary/aromatic N) is 2. The van der Waals surface area contributed by atoms with Gasteiger partial charge >= 0.3 is 5.97 Å². The van der Waals surface area contributed by atoms with E-state index in [4.69, 9.17) is 32.7 Å². The Morgan fingerprint density at radius 1 is 1.13 bits per heavy atom. The molecule has 8 heteroatoms. The molecule has 0 unspecified atom stereocenters. The number of hydrogen-bond acceptors (Lipinski definition) is 5. The van der Waals surface area contributed by atoms with Gasteiger partial charge in [0.15, 0.2) is 11.5 Å². The molecule has 3 rings (SSSR count). The van der Waals surface area contributed by atoms with Gasteiger partial charge in [0.25, 0.3) is 0 Å². The van der Waals surface area contributed by atoms with E-state index in [1.807, 2.05) is 0 Å². The second-order valence-corrected chi connectivity index (χ2v) is 5.33. The number of halogens is 2. The van der Waals surface area contributed by atoms with Crippen molar-refractivity contribution < 1.29 is 14.3 Å². The zero-order valence-electron chi connectivity index (χ0n) is 11.5. The van der Waals surface area contributed by atoms with Crippen LogP contribution in [0.1, 0.15) is 10.5 Å². The quantitative estimate of drug-likeness (QED) is 0.721. The Balaban J connectivity index is 2.00. The molecule has 3 aromatic rings. The SMILES string of the molecule is O=C(O)c1nccnc1Nc1c(Cl)cc(-c2ccoc2)cc1Cl. The summed E-state index contributed by atoms with van der Waals surface area (Å²) in [6.07, 6.45) is 5.78. The molecule has 0 bridgehead atoms. The van der Waals surface area contributed by atoms with Gasteiger partial charge in [-0.05, 0) is 23.8 Å². The number of carbonyl (C=O) groups is 1. The van der Waals surface area contributed by atoms with Crippen LogP contribution in [0, 0.1) is 0 Å². The van der Waals surface area contributed by atoms with E-state index in [-0.39, 0.29) is 11.5 Å². The fourth-order valence-electron chi connectivity index (χ4n) is 1.99. The molecule has 0 saturated carbocycles. The number of hydrogen-bond donors (Lipinski definition) is 2. The molecule has 2 N–H and O–H groups in total. The molecule has 0 amide bonds. The largest absolute Gasteiger partial charge is 0.476 e. The summed E-state index contributed by atoms with van der Waals surface area (Å²) in [5, 5.41) is 12.6. The van der Waals surface area contributed by atoms with E-state index in [1.54, 1.807) is 30.7 Å². The lowest BCUT2D eigenvalue weighted by atomic mass is 10.1. The molecule has 6 nitrogen and oxygen atoms in total. The van der Waals surface area contributed by atoms with Crippen LogP contribution in [0.15, 0.2) is 47.5 Å². The predicted octanol–water partition coefficient (Wildman–Crippen LogP) is 4.49. The van der Waals surface area contributed by atoms with Gasteiger partial charge in [-0.25, -0.2) is 14.8 Å². The molecule has 0 atom stereocenters. The van der Waals surface area contributed by atoms with Crippen LogP contribution in [0.5, 0.6) is 0 Å². The molecule has 1 aromatic carbocycles. The van der Waals surface area contributed by atoms with Crippen LogP contribution in [0.2, 0.25) is 10.0 Å². The van der Waals surface area contributed by atoms with Crippen LogP contribution >= 0.6 is 23.2 Å². The lowest BCUT2D eigenvalue weighted by Gasteiger charge is -2.12. The van der Waals surface area contributed by atoms with Crippen molar-refractivity contribution in [3.63, 3.8) is 0 Å². The average molecular weight is 350 g/mol. The normalized spacial score (nSPS) is 10.5. The fraction of sp³-hybridized carbons (Fsp3) is 0. The Morgan fingerprint density at radius 2 is 1.83 bits per heavy atom. The topological polar surface area (TPSA) is 88.2 Å². The molecule has 0 aliphatic heterocycles. The van der Waals surface area contributed by atoms with Crippen LogP contribution in [-0.2, 0) is 0 Å². The number of aromatic nitrogens is 2. The molecule has 0 aliphatic carbocycles. The lowest BCUT2D eigenvalue weighted by Crippen LogP contribution is -2.07. The maximum Gasteiger partial charge on any atom is 0.358 e. The number of carboxylic acid groups (broad SMARTS) is 1. The highest BCUT2D eigenvalue weighted by atomic mass is 35.5. The minimum atomic E-state index is -1.21. The zero-order valence-corrected chi connectivity index (χ0v) is 13.0. The summed E-state index contributed by atoms with van der Waals surface area (Å²) in [6, 6.07) is 5.16. The summed E-state index contributed by atoms with van der Waals surface area (Å²) in [4.78, 5) is 18.9. The number of aromatic carboxylic acids is 1. The number of nitrogens with one attached hydrogen (secondary N) is 1. The molecule has 116 valence electrons. The minimum absolute atomic E-state index is 0.0554. The monoisotopic (exact) mass is 349 g/mol. The third-order valence-electron chi connectivity index (χ3n) is 3.04. The highest BCUT2D eigenvalue weighted by Crippen LogP contribution is 2.37. The van der Waals surface area contributed by atoms with Crippen molar-refractivity contribution in [2.24, 2.45) is 0 Å². The number of rotatable bonds is 4. The summed E-state index contributed by atoms with van der Waals surface area (Å²) in [5.74, 6) is -1.15. The van der Waals surface area contributed by atoms with Crippen molar-refractivity contribution >= 4 is 40.7 Å². The highest BCUT2D eigenvalue weighted by Gasteiger charge is 2.16. The van der Waals surface area contributed by atoms with E-state index in [1.165, 1.54) is 12.4 Å². The van der Waals surface area contributed by atoms with Gasteiger partial charge in [0.1, 0.15) is 0 Å². The van der Waals surface area contributed by atoms with Gasteiger partial charge in [0, 0.05) is 18.0 Å². The van der Waals surface area contributed by atoms with E-state index >= 15 is 0 Å². The molecule has 0 saturated heterocycles. The van der Waals surface area contributed by atoms with Crippen molar-refractivity contribution in [3.05, 3.63) is 58.9 Å². The van der Waals surface area contributed by atoms with Crippen molar-refractivity contribution in [1.82, 2.24) is 9.97 Å². The molecular formula is C15H9Cl2N3O3. The summed E-state index contributed by atoms with van der Waals surface area (Å²) >= 11 is 12.5. The van der Waals surface area contributed by atoms with Gasteiger partial charge in [0.05, 0.1) is 28.3 Å². The van der Waals surface area contributed by atoms with Gasteiger partial charge < -0.3 is 14.8 Å². The maximum absolute atomic E-state index is 11.2. The van der Waals surface area contributed by atoms with Gasteiger partial charge in [-0.15, -0.1) is 0 Å². The van der Waals surface area contributed by atoms with Crippen LogP contribution < -0.4 is 5.32 Å². The number of furan rings is 1. The molecule has 2 heterocycles. The van der Waals surface area contributed by atoms with Crippen LogP contribution in [0.25, 0.3) is 11.1 Å².